The van der Waals surface area contributed by atoms with E-state index in [0.29, 0.717) is 11.6 Å². The molecule has 0 saturated heterocycles. The van der Waals surface area contributed by atoms with E-state index in [9.17, 15) is 15.1 Å². The summed E-state index contributed by atoms with van der Waals surface area (Å²) in [6.45, 7) is 0. The van der Waals surface area contributed by atoms with Crippen LogP contribution in [0, 0.1) is 0 Å². The van der Waals surface area contributed by atoms with Gasteiger partial charge in [0.15, 0.2) is 0 Å². The molecule has 3 N–H and O–H groups in total. The maximum absolute atomic E-state index is 13.1. The van der Waals surface area contributed by atoms with Gasteiger partial charge in [-0.3, -0.25) is 14.7 Å². The number of hydrogen-bond donors (Lipinski definition) is 3. The summed E-state index contributed by atoms with van der Waals surface area (Å²) >= 11 is 0. The SMILES string of the molecule is CN(C)c1cc2nn([C@H]3CC[C@H](O)CC3)cc2cc1NC(=O)c1cccc(C2CC2)[n+]1O. The van der Waals surface area contributed by atoms with Crippen LogP contribution >= 0.6 is 0 Å². The number of carbonyl (C=O) groups excluding carboxylic acids is 1. The van der Waals surface area contributed by atoms with Gasteiger partial charge in [-0.2, -0.15) is 5.10 Å². The molecule has 0 aliphatic heterocycles. The van der Waals surface area contributed by atoms with Crippen molar-refractivity contribution in [3.05, 3.63) is 47.9 Å². The summed E-state index contributed by atoms with van der Waals surface area (Å²) in [5.74, 6) is -0.0284. The molecule has 2 aromatic heterocycles. The molecule has 8 nitrogen and oxygen atoms in total. The van der Waals surface area contributed by atoms with E-state index in [0.717, 1.165) is 65.5 Å². The van der Waals surface area contributed by atoms with Gasteiger partial charge < -0.3 is 15.3 Å². The number of aromatic nitrogens is 3. The molecule has 2 saturated carbocycles. The summed E-state index contributed by atoms with van der Waals surface area (Å²) in [5.41, 5.74) is 3.38. The average Bonchev–Trinajstić information content (AvgIpc) is 3.52. The molecule has 1 amide bonds. The van der Waals surface area contributed by atoms with Crippen LogP contribution in [-0.4, -0.2) is 46.2 Å². The lowest BCUT2D eigenvalue weighted by Gasteiger charge is -2.25. The number of hydrogen-bond acceptors (Lipinski definition) is 5. The van der Waals surface area contributed by atoms with Gasteiger partial charge in [-0.15, -0.1) is 0 Å². The largest absolute Gasteiger partial charge is 0.393 e. The van der Waals surface area contributed by atoms with Crippen molar-refractivity contribution in [2.45, 2.75) is 56.6 Å². The number of fused-ring (bicyclic) bond motifs is 1. The maximum Gasteiger partial charge on any atom is 0.325 e. The number of benzene rings is 1. The standard InChI is InChI=1S/C24H29N5O3/c1-27(2)23-13-19-16(14-28(26-19)17-8-10-18(30)11-9-17)12-20(23)25-24(31)22-5-3-4-21(29(22)32)15-6-7-15/h3-5,12-15,17-18,30H,6-11H2,1-2H3,(H-,25,31,32)/p+1/t17-,18-. The first-order valence-corrected chi connectivity index (χ1v) is 11.3. The number of pyridine rings is 1. The maximum atomic E-state index is 13.1. The normalized spacial score (nSPS) is 21.0. The molecular formula is C24H30N5O3+. The summed E-state index contributed by atoms with van der Waals surface area (Å²) in [7, 11) is 3.85. The Morgan fingerprint density at radius 2 is 1.91 bits per heavy atom. The highest BCUT2D eigenvalue weighted by atomic mass is 16.5. The Labute approximate surface area is 187 Å². The Kier molecular flexibility index (Phi) is 5.25. The van der Waals surface area contributed by atoms with E-state index >= 15 is 0 Å². The molecule has 3 aromatic rings. The molecule has 2 aliphatic rings. The van der Waals surface area contributed by atoms with Crippen LogP contribution in [0.3, 0.4) is 0 Å². The highest BCUT2D eigenvalue weighted by molar-refractivity contribution is 6.05. The molecule has 1 aromatic carbocycles. The lowest BCUT2D eigenvalue weighted by atomic mass is 9.93. The second kappa shape index (κ2) is 8.09. The van der Waals surface area contributed by atoms with Gasteiger partial charge in [0.1, 0.15) is 0 Å². The number of aliphatic hydroxyl groups excluding tert-OH is 1. The predicted octanol–water partition coefficient (Wildman–Crippen LogP) is 3.23. The minimum atomic E-state index is -0.355. The van der Waals surface area contributed by atoms with E-state index in [2.05, 4.69) is 5.32 Å². The molecule has 0 spiro atoms. The van der Waals surface area contributed by atoms with Crippen LogP contribution in [-0.2, 0) is 0 Å². The monoisotopic (exact) mass is 436 g/mol. The first-order valence-electron chi connectivity index (χ1n) is 11.3. The fourth-order valence-electron chi connectivity index (χ4n) is 4.62. The van der Waals surface area contributed by atoms with E-state index in [1.165, 1.54) is 0 Å². The molecule has 0 bridgehead atoms. The van der Waals surface area contributed by atoms with Crippen LogP contribution in [0.25, 0.3) is 10.9 Å². The Morgan fingerprint density at radius 1 is 1.16 bits per heavy atom. The molecule has 0 unspecified atom stereocenters. The molecule has 0 radical (unpaired) electrons. The van der Waals surface area contributed by atoms with Crippen LogP contribution < -0.4 is 14.9 Å². The average molecular weight is 437 g/mol. The highest BCUT2D eigenvalue weighted by Gasteiger charge is 2.35. The molecule has 0 atom stereocenters. The summed E-state index contributed by atoms with van der Waals surface area (Å²) in [4.78, 5) is 15.0. The van der Waals surface area contributed by atoms with Crippen molar-refractivity contribution >= 4 is 28.2 Å². The minimum Gasteiger partial charge on any atom is -0.393 e. The number of amides is 1. The summed E-state index contributed by atoms with van der Waals surface area (Å²) in [5, 5.41) is 29.1. The fraction of sp³-hybridized carbons (Fsp3) is 0.458. The Bertz CT molecular complexity index is 1160. The Morgan fingerprint density at radius 3 is 2.59 bits per heavy atom. The number of aliphatic hydroxyl groups is 1. The van der Waals surface area contributed by atoms with E-state index < -0.39 is 0 Å². The second-order valence-corrected chi connectivity index (χ2v) is 9.27. The van der Waals surface area contributed by atoms with Crippen molar-refractivity contribution < 1.29 is 19.8 Å². The minimum absolute atomic E-state index is 0.203. The molecule has 5 rings (SSSR count). The number of anilines is 2. The molecule has 8 heteroatoms. The number of nitrogens with one attached hydrogen (secondary N) is 1. The van der Waals surface area contributed by atoms with Gasteiger partial charge in [-0.1, -0.05) is 0 Å². The van der Waals surface area contributed by atoms with Gasteiger partial charge in [0.25, 0.3) is 0 Å². The van der Waals surface area contributed by atoms with Crippen LogP contribution in [0.1, 0.15) is 66.7 Å². The van der Waals surface area contributed by atoms with Gasteiger partial charge >= 0.3 is 11.6 Å². The van der Waals surface area contributed by atoms with E-state index in [1.54, 1.807) is 6.07 Å². The molecule has 2 aliphatic carbocycles. The van der Waals surface area contributed by atoms with Gasteiger partial charge in [-0.05, 0) is 56.7 Å². The number of nitrogens with zero attached hydrogens (tertiary/aromatic N) is 4. The van der Waals surface area contributed by atoms with Crippen molar-refractivity contribution in [1.29, 1.82) is 0 Å². The first-order chi connectivity index (χ1) is 15.4. The van der Waals surface area contributed by atoms with Crippen LogP contribution in [0.2, 0.25) is 0 Å². The van der Waals surface area contributed by atoms with Crippen molar-refractivity contribution in [3.63, 3.8) is 0 Å². The zero-order valence-corrected chi connectivity index (χ0v) is 18.5. The van der Waals surface area contributed by atoms with Crippen LogP contribution in [0.5, 0.6) is 0 Å². The Balaban J connectivity index is 1.45. The zero-order valence-electron chi connectivity index (χ0n) is 18.5. The highest BCUT2D eigenvalue weighted by Crippen LogP contribution is 2.38. The third kappa shape index (κ3) is 3.90. The van der Waals surface area contributed by atoms with Gasteiger partial charge in [-0.25, -0.2) is 0 Å². The van der Waals surface area contributed by atoms with Crippen molar-refractivity contribution in [3.8, 4) is 0 Å². The molecule has 168 valence electrons. The van der Waals surface area contributed by atoms with Gasteiger partial charge in [0.05, 0.1) is 29.0 Å². The van der Waals surface area contributed by atoms with E-state index in [-0.39, 0.29) is 23.7 Å². The molecular weight excluding hydrogens is 406 g/mol. The smallest absolute Gasteiger partial charge is 0.325 e. The van der Waals surface area contributed by atoms with Crippen molar-refractivity contribution in [2.24, 2.45) is 0 Å². The molecule has 2 fully saturated rings. The van der Waals surface area contributed by atoms with Crippen LogP contribution in [0.15, 0.2) is 36.5 Å². The van der Waals surface area contributed by atoms with Crippen LogP contribution in [0.4, 0.5) is 11.4 Å². The number of rotatable bonds is 5. The first kappa shape index (κ1) is 20.8. The fourth-order valence-corrected chi connectivity index (χ4v) is 4.62. The van der Waals surface area contributed by atoms with Gasteiger partial charge in [0.2, 0.25) is 5.69 Å². The third-order valence-electron chi connectivity index (χ3n) is 6.63. The Hall–Kier alpha value is -3.13. The summed E-state index contributed by atoms with van der Waals surface area (Å²) in [6, 6.07) is 9.51. The predicted molar refractivity (Wildman–Crippen MR) is 121 cm³/mol. The molecule has 2 heterocycles. The number of carbonyl (C=O) groups is 1. The van der Waals surface area contributed by atoms with E-state index in [1.807, 2.05) is 54.1 Å². The second-order valence-electron chi connectivity index (χ2n) is 9.27. The lowest BCUT2D eigenvalue weighted by molar-refractivity contribution is -0.910. The lowest BCUT2D eigenvalue weighted by Crippen LogP contribution is -2.43. The summed E-state index contributed by atoms with van der Waals surface area (Å²) in [6.07, 6.45) is 7.31. The quantitative estimate of drug-likeness (QED) is 0.422. The third-order valence-corrected chi connectivity index (χ3v) is 6.63. The summed E-state index contributed by atoms with van der Waals surface area (Å²) < 4.78 is 3.03. The van der Waals surface area contributed by atoms with E-state index in [4.69, 9.17) is 5.10 Å². The zero-order chi connectivity index (χ0) is 22.4. The van der Waals surface area contributed by atoms with Crippen molar-refractivity contribution in [1.82, 2.24) is 9.78 Å². The topological polar surface area (TPSA) is 94.5 Å². The van der Waals surface area contributed by atoms with Gasteiger partial charge in [0, 0.05) is 48.5 Å². The molecule has 32 heavy (non-hydrogen) atoms. The van der Waals surface area contributed by atoms with Crippen molar-refractivity contribution in [2.75, 3.05) is 24.3 Å².